The van der Waals surface area contributed by atoms with E-state index in [2.05, 4.69) is 6.92 Å². The van der Waals surface area contributed by atoms with Crippen LogP contribution in [0.25, 0.3) is 0 Å². The molecule has 1 N–H and O–H groups in total. The molecule has 2 saturated heterocycles. The summed E-state index contributed by atoms with van der Waals surface area (Å²) in [6.07, 6.45) is 2.66. The van der Waals surface area contributed by atoms with Crippen molar-refractivity contribution in [1.82, 2.24) is 4.90 Å². The maximum Gasteiger partial charge on any atom is 0.304 e. The third-order valence-electron chi connectivity index (χ3n) is 7.30. The number of carboxylic acid groups (broad SMARTS) is 1. The first-order valence-corrected chi connectivity index (χ1v) is 12.7. The third-order valence-corrected chi connectivity index (χ3v) is 7.79. The number of nitrogens with zero attached hydrogens (tertiary/aromatic N) is 1. The van der Waals surface area contributed by atoms with E-state index < -0.39 is 11.4 Å². The van der Waals surface area contributed by atoms with Gasteiger partial charge in [0.15, 0.2) is 0 Å². The van der Waals surface area contributed by atoms with Gasteiger partial charge >= 0.3 is 5.97 Å². The van der Waals surface area contributed by atoms with E-state index in [0.717, 1.165) is 24.0 Å². The average Bonchev–Trinajstić information content (AvgIpc) is 3.32. The lowest BCUT2D eigenvalue weighted by molar-refractivity contribution is -0.164. The maximum atomic E-state index is 14.2. The topological polar surface area (TPSA) is 66.8 Å². The largest absolute Gasteiger partial charge is 0.481 e. The quantitative estimate of drug-likeness (QED) is 0.468. The Morgan fingerprint density at radius 3 is 2.50 bits per heavy atom. The molecule has 0 saturated carbocycles. The van der Waals surface area contributed by atoms with E-state index in [0.29, 0.717) is 29.5 Å². The van der Waals surface area contributed by atoms with Crippen LogP contribution in [0.5, 0.6) is 0 Å². The fourth-order valence-corrected chi connectivity index (χ4v) is 6.11. The molecule has 2 heterocycles. The SMILES string of the molecule is CCC(C1CCCO1)N1C(=O)[C@@](C)(CC(=O)O)C[C@H](c2cccc(Cl)c2)C1c1ccc(Cl)cc1. The molecule has 0 aliphatic carbocycles. The molecular formula is C27H31Cl2NO4. The van der Waals surface area contributed by atoms with Gasteiger partial charge in [0.05, 0.1) is 30.0 Å². The molecule has 2 fully saturated rings. The smallest absolute Gasteiger partial charge is 0.304 e. The van der Waals surface area contributed by atoms with Gasteiger partial charge < -0.3 is 14.7 Å². The van der Waals surface area contributed by atoms with Crippen molar-refractivity contribution < 1.29 is 19.4 Å². The highest BCUT2D eigenvalue weighted by Crippen LogP contribution is 2.52. The van der Waals surface area contributed by atoms with Crippen molar-refractivity contribution in [2.75, 3.05) is 6.61 Å². The molecule has 1 amide bonds. The van der Waals surface area contributed by atoms with Gasteiger partial charge in [-0.05, 0) is 61.1 Å². The van der Waals surface area contributed by atoms with Crippen LogP contribution in [0.4, 0.5) is 0 Å². The highest BCUT2D eigenvalue weighted by atomic mass is 35.5. The first-order chi connectivity index (χ1) is 16.2. The zero-order chi connectivity index (χ0) is 24.5. The average molecular weight is 504 g/mol. The number of aliphatic carboxylic acids is 1. The molecule has 2 aliphatic rings. The van der Waals surface area contributed by atoms with Crippen molar-refractivity contribution in [3.05, 3.63) is 69.7 Å². The fraction of sp³-hybridized carbons (Fsp3) is 0.481. The molecule has 0 bridgehead atoms. The Bertz CT molecular complexity index is 1040. The van der Waals surface area contributed by atoms with Crippen LogP contribution in [0.1, 0.15) is 69.0 Å². The Morgan fingerprint density at radius 2 is 1.91 bits per heavy atom. The molecule has 0 aromatic heterocycles. The first-order valence-electron chi connectivity index (χ1n) is 11.9. The van der Waals surface area contributed by atoms with Crippen LogP contribution in [0.3, 0.4) is 0 Å². The normalized spacial score (nSPS) is 28.2. The highest BCUT2D eigenvalue weighted by Gasteiger charge is 2.53. The Labute approximate surface area is 211 Å². The summed E-state index contributed by atoms with van der Waals surface area (Å²) in [7, 11) is 0. The van der Waals surface area contributed by atoms with Crippen molar-refractivity contribution in [2.45, 2.75) is 70.1 Å². The molecule has 2 aromatic rings. The van der Waals surface area contributed by atoms with Gasteiger partial charge in [-0.25, -0.2) is 0 Å². The molecule has 0 spiro atoms. The minimum absolute atomic E-state index is 0.0732. The van der Waals surface area contributed by atoms with Crippen LogP contribution in [0.15, 0.2) is 48.5 Å². The molecule has 5 nitrogen and oxygen atoms in total. The summed E-state index contributed by atoms with van der Waals surface area (Å²) in [5.74, 6) is -1.25. The van der Waals surface area contributed by atoms with Crippen molar-refractivity contribution in [2.24, 2.45) is 5.41 Å². The molecule has 3 unspecified atom stereocenters. The number of hydrogen-bond acceptors (Lipinski definition) is 3. The Hall–Kier alpha value is -2.08. The summed E-state index contributed by atoms with van der Waals surface area (Å²) in [4.78, 5) is 28.0. The van der Waals surface area contributed by atoms with Crippen molar-refractivity contribution >= 4 is 35.1 Å². The van der Waals surface area contributed by atoms with Crippen molar-refractivity contribution in [3.63, 3.8) is 0 Å². The van der Waals surface area contributed by atoms with Gasteiger partial charge in [-0.2, -0.15) is 0 Å². The predicted molar refractivity (Wildman–Crippen MR) is 133 cm³/mol. The molecule has 34 heavy (non-hydrogen) atoms. The van der Waals surface area contributed by atoms with E-state index >= 15 is 0 Å². The molecule has 2 aromatic carbocycles. The molecular weight excluding hydrogens is 473 g/mol. The summed E-state index contributed by atoms with van der Waals surface area (Å²) < 4.78 is 6.07. The fourth-order valence-electron chi connectivity index (χ4n) is 5.79. The summed E-state index contributed by atoms with van der Waals surface area (Å²) >= 11 is 12.6. The van der Waals surface area contributed by atoms with Crippen LogP contribution < -0.4 is 0 Å². The number of rotatable bonds is 7. The molecule has 4 rings (SSSR count). The number of likely N-dealkylation sites (tertiary alicyclic amines) is 1. The second-order valence-corrected chi connectivity index (χ2v) is 10.6. The summed E-state index contributed by atoms with van der Waals surface area (Å²) in [6, 6.07) is 14.8. The number of carbonyl (C=O) groups is 2. The van der Waals surface area contributed by atoms with E-state index in [1.165, 1.54) is 0 Å². The molecule has 5 atom stereocenters. The number of benzene rings is 2. The Morgan fingerprint density at radius 1 is 1.18 bits per heavy atom. The first kappa shape index (κ1) is 25.0. The van der Waals surface area contributed by atoms with Crippen LogP contribution in [-0.2, 0) is 14.3 Å². The third kappa shape index (κ3) is 4.98. The highest BCUT2D eigenvalue weighted by molar-refractivity contribution is 6.30. The zero-order valence-electron chi connectivity index (χ0n) is 19.5. The minimum Gasteiger partial charge on any atom is -0.481 e. The number of halogens is 2. The predicted octanol–water partition coefficient (Wildman–Crippen LogP) is 6.49. The Kier molecular flexibility index (Phi) is 7.56. The van der Waals surface area contributed by atoms with Gasteiger partial charge in [-0.15, -0.1) is 0 Å². The maximum absolute atomic E-state index is 14.2. The lowest BCUT2D eigenvalue weighted by atomic mass is 9.66. The summed E-state index contributed by atoms with van der Waals surface area (Å²) in [5, 5.41) is 11.0. The minimum atomic E-state index is -1.05. The van der Waals surface area contributed by atoms with Crippen LogP contribution in [0.2, 0.25) is 10.0 Å². The van der Waals surface area contributed by atoms with E-state index in [1.807, 2.05) is 53.4 Å². The number of amides is 1. The molecule has 7 heteroatoms. The number of hydrogen-bond donors (Lipinski definition) is 1. The summed E-state index contributed by atoms with van der Waals surface area (Å²) in [5.41, 5.74) is 0.911. The van der Waals surface area contributed by atoms with Crippen molar-refractivity contribution in [3.8, 4) is 0 Å². The standard InChI is InChI=1S/C27H31Cl2NO4/c1-3-22(23-8-5-13-34-23)30-25(17-9-11-19(28)12-10-17)21(18-6-4-7-20(29)14-18)15-27(2,26(30)33)16-24(31)32/h4,6-7,9-12,14,21-23,25H,3,5,8,13,15-16H2,1-2H3,(H,31,32)/t21-,22?,23?,25?,27-/m1/s1. The molecule has 2 aliphatic heterocycles. The number of piperidine rings is 1. The lowest BCUT2D eigenvalue weighted by Crippen LogP contribution is -2.58. The zero-order valence-corrected chi connectivity index (χ0v) is 21.1. The van der Waals surface area contributed by atoms with Gasteiger partial charge in [-0.3, -0.25) is 9.59 Å². The summed E-state index contributed by atoms with van der Waals surface area (Å²) in [6.45, 7) is 4.53. The van der Waals surface area contributed by atoms with Gasteiger partial charge in [0.2, 0.25) is 5.91 Å². The lowest BCUT2D eigenvalue weighted by Gasteiger charge is -2.52. The number of carbonyl (C=O) groups excluding carboxylic acids is 1. The number of ether oxygens (including phenoxy) is 1. The Balaban J connectivity index is 1.90. The van der Waals surface area contributed by atoms with Crippen molar-refractivity contribution in [1.29, 1.82) is 0 Å². The van der Waals surface area contributed by atoms with E-state index in [9.17, 15) is 14.7 Å². The number of carboxylic acids is 1. The monoisotopic (exact) mass is 503 g/mol. The van der Waals surface area contributed by atoms with Gasteiger partial charge in [0.25, 0.3) is 0 Å². The van der Waals surface area contributed by atoms with Gasteiger partial charge in [0, 0.05) is 22.6 Å². The van der Waals surface area contributed by atoms with Crippen LogP contribution in [0, 0.1) is 5.41 Å². The van der Waals surface area contributed by atoms with Gasteiger partial charge in [0.1, 0.15) is 0 Å². The van der Waals surface area contributed by atoms with E-state index in [1.54, 1.807) is 6.92 Å². The van der Waals surface area contributed by atoms with Gasteiger partial charge in [-0.1, -0.05) is 61.3 Å². The second kappa shape index (κ2) is 10.3. The molecule has 182 valence electrons. The van der Waals surface area contributed by atoms with E-state index in [-0.39, 0.29) is 36.4 Å². The molecule has 0 radical (unpaired) electrons. The second-order valence-electron chi connectivity index (χ2n) is 9.73. The van der Waals surface area contributed by atoms with E-state index in [4.69, 9.17) is 27.9 Å². The van der Waals surface area contributed by atoms with Crippen LogP contribution >= 0.6 is 23.2 Å². The van der Waals surface area contributed by atoms with Crippen LogP contribution in [-0.4, -0.2) is 40.6 Å².